The van der Waals surface area contributed by atoms with Gasteiger partial charge in [0.2, 0.25) is 0 Å². The van der Waals surface area contributed by atoms with Gasteiger partial charge in [-0.3, -0.25) is 9.69 Å². The summed E-state index contributed by atoms with van der Waals surface area (Å²) in [6.45, 7) is 3.93. The molecule has 19 heavy (non-hydrogen) atoms. The molecule has 0 aromatic heterocycles. The molecule has 0 spiro atoms. The molecule has 1 aliphatic rings. The van der Waals surface area contributed by atoms with Crippen LogP contribution in [0.5, 0.6) is 0 Å². The number of carboxylic acid groups (broad SMARTS) is 1. The number of rotatable bonds is 6. The minimum absolute atomic E-state index is 0.173. The number of aliphatic carboxylic acids is 1. The van der Waals surface area contributed by atoms with E-state index in [0.29, 0.717) is 6.54 Å². The molecular weight excluding hydrogens is 240 g/mol. The zero-order valence-corrected chi connectivity index (χ0v) is 11.5. The minimum Gasteiger partial charge on any atom is -0.481 e. The SMILES string of the molecule is CN(CCC(=O)O)c1cccc(CN2CCCC2)c1. The van der Waals surface area contributed by atoms with Crippen molar-refractivity contribution in [1.29, 1.82) is 0 Å². The topological polar surface area (TPSA) is 43.8 Å². The Balaban J connectivity index is 1.95. The van der Waals surface area contributed by atoms with E-state index in [9.17, 15) is 4.79 Å². The van der Waals surface area contributed by atoms with Gasteiger partial charge < -0.3 is 10.0 Å². The summed E-state index contributed by atoms with van der Waals surface area (Å²) in [7, 11) is 1.94. The monoisotopic (exact) mass is 262 g/mol. The summed E-state index contributed by atoms with van der Waals surface area (Å²) in [6, 6.07) is 8.40. The summed E-state index contributed by atoms with van der Waals surface area (Å²) in [5.74, 6) is -0.750. The van der Waals surface area contributed by atoms with Crippen LogP contribution in [0, 0.1) is 0 Å². The summed E-state index contributed by atoms with van der Waals surface area (Å²) >= 11 is 0. The van der Waals surface area contributed by atoms with E-state index in [1.807, 2.05) is 18.0 Å². The second-order valence-electron chi connectivity index (χ2n) is 5.22. The van der Waals surface area contributed by atoms with Crippen LogP contribution in [0.4, 0.5) is 5.69 Å². The van der Waals surface area contributed by atoms with Crippen LogP contribution in [0.2, 0.25) is 0 Å². The molecule has 1 fully saturated rings. The van der Waals surface area contributed by atoms with Crippen LogP contribution in [-0.4, -0.2) is 42.7 Å². The van der Waals surface area contributed by atoms with Crippen LogP contribution in [0.15, 0.2) is 24.3 Å². The number of carbonyl (C=O) groups is 1. The number of hydrogen-bond donors (Lipinski definition) is 1. The average Bonchev–Trinajstić information content (AvgIpc) is 2.89. The second kappa shape index (κ2) is 6.57. The normalized spacial score (nSPS) is 15.6. The first-order valence-electron chi connectivity index (χ1n) is 6.89. The molecule has 0 bridgehead atoms. The maximum Gasteiger partial charge on any atom is 0.305 e. The Kier molecular flexibility index (Phi) is 4.80. The smallest absolute Gasteiger partial charge is 0.305 e. The van der Waals surface area contributed by atoms with Gasteiger partial charge in [0, 0.05) is 25.8 Å². The highest BCUT2D eigenvalue weighted by molar-refractivity contribution is 5.67. The zero-order valence-electron chi connectivity index (χ0n) is 11.5. The Morgan fingerprint density at radius 3 is 2.79 bits per heavy atom. The number of carboxylic acids is 1. The van der Waals surface area contributed by atoms with Crippen LogP contribution < -0.4 is 4.90 Å². The van der Waals surface area contributed by atoms with E-state index < -0.39 is 5.97 Å². The third kappa shape index (κ3) is 4.24. The van der Waals surface area contributed by atoms with Crippen LogP contribution >= 0.6 is 0 Å². The first-order chi connectivity index (χ1) is 9.15. The zero-order chi connectivity index (χ0) is 13.7. The molecule has 1 heterocycles. The van der Waals surface area contributed by atoms with Gasteiger partial charge in [0.25, 0.3) is 0 Å². The number of likely N-dealkylation sites (tertiary alicyclic amines) is 1. The molecule has 1 aliphatic heterocycles. The van der Waals surface area contributed by atoms with Gasteiger partial charge in [-0.25, -0.2) is 0 Å². The van der Waals surface area contributed by atoms with Crippen molar-refractivity contribution in [1.82, 2.24) is 4.90 Å². The number of nitrogens with zero attached hydrogens (tertiary/aromatic N) is 2. The van der Waals surface area contributed by atoms with E-state index in [0.717, 1.165) is 12.2 Å². The number of hydrogen-bond acceptors (Lipinski definition) is 3. The lowest BCUT2D eigenvalue weighted by Gasteiger charge is -2.20. The second-order valence-corrected chi connectivity index (χ2v) is 5.22. The van der Waals surface area contributed by atoms with Gasteiger partial charge in [-0.1, -0.05) is 12.1 Å². The Labute approximate surface area is 114 Å². The fourth-order valence-corrected chi connectivity index (χ4v) is 2.48. The van der Waals surface area contributed by atoms with Crippen LogP contribution in [0.3, 0.4) is 0 Å². The molecule has 4 heteroatoms. The molecular formula is C15H22N2O2. The largest absolute Gasteiger partial charge is 0.481 e. The van der Waals surface area contributed by atoms with Crippen molar-refractivity contribution in [2.45, 2.75) is 25.8 Å². The van der Waals surface area contributed by atoms with Crippen LogP contribution in [0.25, 0.3) is 0 Å². The summed E-state index contributed by atoms with van der Waals surface area (Å²) < 4.78 is 0. The van der Waals surface area contributed by atoms with E-state index in [1.165, 1.54) is 31.5 Å². The van der Waals surface area contributed by atoms with Crippen molar-refractivity contribution in [2.75, 3.05) is 31.6 Å². The Bertz CT molecular complexity index is 428. The number of anilines is 1. The highest BCUT2D eigenvalue weighted by Crippen LogP contribution is 2.18. The van der Waals surface area contributed by atoms with E-state index in [4.69, 9.17) is 5.11 Å². The van der Waals surface area contributed by atoms with Crippen molar-refractivity contribution in [3.8, 4) is 0 Å². The van der Waals surface area contributed by atoms with Gasteiger partial charge in [0.1, 0.15) is 0 Å². The Hall–Kier alpha value is -1.55. The molecule has 0 unspecified atom stereocenters. The predicted octanol–water partition coefficient (Wildman–Crippen LogP) is 2.19. The van der Waals surface area contributed by atoms with Gasteiger partial charge >= 0.3 is 5.97 Å². The molecule has 0 atom stereocenters. The van der Waals surface area contributed by atoms with Gasteiger partial charge in [-0.05, 0) is 43.6 Å². The summed E-state index contributed by atoms with van der Waals surface area (Å²) in [4.78, 5) is 15.1. The summed E-state index contributed by atoms with van der Waals surface area (Å²) in [5, 5.41) is 8.72. The summed E-state index contributed by atoms with van der Waals surface area (Å²) in [6.07, 6.45) is 2.78. The first-order valence-corrected chi connectivity index (χ1v) is 6.89. The Morgan fingerprint density at radius 2 is 2.11 bits per heavy atom. The molecule has 1 aromatic carbocycles. The molecule has 4 nitrogen and oxygen atoms in total. The molecule has 0 amide bonds. The maximum atomic E-state index is 10.6. The molecule has 0 radical (unpaired) electrons. The van der Waals surface area contributed by atoms with Gasteiger partial charge in [0.15, 0.2) is 0 Å². The molecule has 1 saturated heterocycles. The fourth-order valence-electron chi connectivity index (χ4n) is 2.48. The Morgan fingerprint density at radius 1 is 1.37 bits per heavy atom. The van der Waals surface area contributed by atoms with Crippen molar-refractivity contribution >= 4 is 11.7 Å². The van der Waals surface area contributed by atoms with Crippen molar-refractivity contribution in [3.63, 3.8) is 0 Å². The van der Waals surface area contributed by atoms with Crippen molar-refractivity contribution in [2.24, 2.45) is 0 Å². The van der Waals surface area contributed by atoms with Gasteiger partial charge in [0.05, 0.1) is 6.42 Å². The van der Waals surface area contributed by atoms with E-state index >= 15 is 0 Å². The standard InChI is InChI=1S/C15H22N2O2/c1-16(10-7-15(18)19)14-6-4-5-13(11-14)12-17-8-2-3-9-17/h4-6,11H,2-3,7-10,12H2,1H3,(H,18,19). The highest BCUT2D eigenvalue weighted by Gasteiger charge is 2.12. The van der Waals surface area contributed by atoms with E-state index in [1.54, 1.807) is 0 Å². The van der Waals surface area contributed by atoms with Gasteiger partial charge in [-0.15, -0.1) is 0 Å². The quantitative estimate of drug-likeness (QED) is 0.853. The third-order valence-electron chi connectivity index (χ3n) is 3.62. The predicted molar refractivity (Wildman–Crippen MR) is 76.5 cm³/mol. The highest BCUT2D eigenvalue weighted by atomic mass is 16.4. The van der Waals surface area contributed by atoms with E-state index in [-0.39, 0.29) is 6.42 Å². The minimum atomic E-state index is -0.750. The third-order valence-corrected chi connectivity index (χ3v) is 3.62. The summed E-state index contributed by atoms with van der Waals surface area (Å²) in [5.41, 5.74) is 2.40. The lowest BCUT2D eigenvalue weighted by Crippen LogP contribution is -2.22. The average molecular weight is 262 g/mol. The van der Waals surface area contributed by atoms with Crippen molar-refractivity contribution in [3.05, 3.63) is 29.8 Å². The van der Waals surface area contributed by atoms with Crippen LogP contribution in [0.1, 0.15) is 24.8 Å². The van der Waals surface area contributed by atoms with Crippen molar-refractivity contribution < 1.29 is 9.90 Å². The maximum absolute atomic E-state index is 10.6. The lowest BCUT2D eigenvalue weighted by atomic mass is 10.1. The molecule has 0 aliphatic carbocycles. The first kappa shape index (κ1) is 13.9. The van der Waals surface area contributed by atoms with Gasteiger partial charge in [-0.2, -0.15) is 0 Å². The molecule has 1 aromatic rings. The van der Waals surface area contributed by atoms with E-state index in [2.05, 4.69) is 23.1 Å². The lowest BCUT2D eigenvalue weighted by molar-refractivity contribution is -0.136. The molecule has 104 valence electrons. The fraction of sp³-hybridized carbons (Fsp3) is 0.533. The molecule has 2 rings (SSSR count). The molecule has 0 saturated carbocycles. The molecule has 1 N–H and O–H groups in total. The van der Waals surface area contributed by atoms with Crippen LogP contribution in [-0.2, 0) is 11.3 Å². The number of benzene rings is 1.